The molecule has 0 radical (unpaired) electrons. The second kappa shape index (κ2) is 8.20. The largest absolute Gasteiger partial charge is 0.489 e. The quantitative estimate of drug-likeness (QED) is 0.663. The number of aromatic nitrogens is 1. The lowest BCUT2D eigenvalue weighted by Gasteiger charge is -2.15. The number of nitrogens with zero attached hydrogens (tertiary/aromatic N) is 1. The van der Waals surface area contributed by atoms with Gasteiger partial charge in [0.25, 0.3) is 5.91 Å². The van der Waals surface area contributed by atoms with Gasteiger partial charge in [-0.15, -0.1) is 0 Å². The van der Waals surface area contributed by atoms with E-state index < -0.39 is 0 Å². The normalized spacial score (nSPS) is 10.6. The Hall–Kier alpha value is -3.28. The highest BCUT2D eigenvalue weighted by atomic mass is 16.5. The Morgan fingerprint density at radius 2 is 2.04 bits per heavy atom. The highest BCUT2D eigenvalue weighted by Gasteiger charge is 2.11. The van der Waals surface area contributed by atoms with Crippen LogP contribution in [0.1, 0.15) is 30.0 Å². The maximum Gasteiger partial charge on any atom is 0.257 e. The minimum absolute atomic E-state index is 0.0175. The summed E-state index contributed by atoms with van der Waals surface area (Å²) in [5, 5.41) is 6.06. The molecule has 0 saturated carbocycles. The van der Waals surface area contributed by atoms with Gasteiger partial charge in [-0.2, -0.15) is 0 Å². The number of hydrogen-bond acceptors (Lipinski definition) is 5. The van der Waals surface area contributed by atoms with Crippen LogP contribution in [0.25, 0.3) is 0 Å². The van der Waals surface area contributed by atoms with Gasteiger partial charge in [-0.1, -0.05) is 12.1 Å². The predicted octanol–water partition coefficient (Wildman–Crippen LogP) is 4.33. The predicted molar refractivity (Wildman–Crippen MR) is 100 cm³/mol. The van der Waals surface area contributed by atoms with E-state index in [2.05, 4.69) is 15.6 Å². The van der Waals surface area contributed by atoms with Crippen LogP contribution in [0.15, 0.2) is 65.5 Å². The molecular formula is C20H21N3O3. The van der Waals surface area contributed by atoms with Crippen LogP contribution in [-0.2, 0) is 6.54 Å². The molecule has 26 heavy (non-hydrogen) atoms. The molecule has 0 aliphatic rings. The van der Waals surface area contributed by atoms with Gasteiger partial charge in [0.15, 0.2) is 0 Å². The average molecular weight is 351 g/mol. The molecule has 0 fully saturated rings. The molecule has 6 nitrogen and oxygen atoms in total. The molecule has 0 spiro atoms. The molecule has 2 N–H and O–H groups in total. The number of para-hydroxylation sites is 2. The second-order valence-corrected chi connectivity index (χ2v) is 6.01. The van der Waals surface area contributed by atoms with E-state index in [0.717, 1.165) is 11.4 Å². The smallest absolute Gasteiger partial charge is 0.257 e. The fraction of sp³-hybridized carbons (Fsp3) is 0.200. The standard InChI is InChI=1S/C20H21N3O3/c1-14(2)26-19-8-4-3-7-18(19)23-20(24)15-10-16(12-21-11-15)22-13-17-6-5-9-25-17/h3-12,14,22H,13H2,1-2H3,(H,23,24). The zero-order valence-electron chi connectivity index (χ0n) is 14.7. The van der Waals surface area contributed by atoms with E-state index in [-0.39, 0.29) is 12.0 Å². The summed E-state index contributed by atoms with van der Waals surface area (Å²) >= 11 is 0. The van der Waals surface area contributed by atoms with Crippen LogP contribution in [-0.4, -0.2) is 17.0 Å². The first kappa shape index (κ1) is 17.5. The first-order chi connectivity index (χ1) is 12.6. The van der Waals surface area contributed by atoms with Gasteiger partial charge < -0.3 is 19.8 Å². The van der Waals surface area contributed by atoms with Crippen molar-refractivity contribution in [2.45, 2.75) is 26.5 Å². The average Bonchev–Trinajstić information content (AvgIpc) is 3.15. The lowest BCUT2D eigenvalue weighted by Crippen LogP contribution is -2.15. The fourth-order valence-electron chi connectivity index (χ4n) is 2.38. The van der Waals surface area contributed by atoms with Gasteiger partial charge in [0.2, 0.25) is 0 Å². The molecule has 134 valence electrons. The van der Waals surface area contributed by atoms with Crippen LogP contribution in [0, 0.1) is 0 Å². The van der Waals surface area contributed by atoms with E-state index in [4.69, 9.17) is 9.15 Å². The molecule has 0 atom stereocenters. The van der Waals surface area contributed by atoms with Crippen LogP contribution in [0.2, 0.25) is 0 Å². The number of carbonyl (C=O) groups is 1. The highest BCUT2D eigenvalue weighted by molar-refractivity contribution is 6.05. The molecule has 3 rings (SSSR count). The maximum atomic E-state index is 12.6. The lowest BCUT2D eigenvalue weighted by molar-refractivity contribution is 0.102. The summed E-state index contributed by atoms with van der Waals surface area (Å²) in [5.74, 6) is 1.19. The van der Waals surface area contributed by atoms with Crippen LogP contribution in [0.3, 0.4) is 0 Å². The van der Waals surface area contributed by atoms with E-state index in [1.54, 1.807) is 18.5 Å². The van der Waals surface area contributed by atoms with Gasteiger partial charge in [0, 0.05) is 12.4 Å². The van der Waals surface area contributed by atoms with Gasteiger partial charge in [0.1, 0.15) is 11.5 Å². The van der Waals surface area contributed by atoms with Gasteiger partial charge >= 0.3 is 0 Å². The molecule has 1 aromatic carbocycles. The van der Waals surface area contributed by atoms with Gasteiger partial charge in [-0.05, 0) is 44.2 Å². The minimum atomic E-state index is -0.251. The number of pyridine rings is 1. The molecule has 6 heteroatoms. The SMILES string of the molecule is CC(C)Oc1ccccc1NC(=O)c1cncc(NCc2ccco2)c1. The summed E-state index contributed by atoms with van der Waals surface area (Å²) in [6.07, 6.45) is 4.83. The number of benzene rings is 1. The molecule has 0 saturated heterocycles. The van der Waals surface area contributed by atoms with Crippen molar-refractivity contribution < 1.29 is 13.9 Å². The van der Waals surface area contributed by atoms with Crippen molar-refractivity contribution in [2.75, 3.05) is 10.6 Å². The topological polar surface area (TPSA) is 76.4 Å². The van der Waals surface area contributed by atoms with E-state index >= 15 is 0 Å². The molecule has 0 aliphatic heterocycles. The number of carbonyl (C=O) groups excluding carboxylic acids is 1. The van der Waals surface area contributed by atoms with Crippen molar-refractivity contribution >= 4 is 17.3 Å². The number of ether oxygens (including phenoxy) is 1. The summed E-state index contributed by atoms with van der Waals surface area (Å²) < 4.78 is 11.0. The zero-order valence-corrected chi connectivity index (χ0v) is 14.7. The van der Waals surface area contributed by atoms with E-state index in [1.807, 2.05) is 50.2 Å². The monoisotopic (exact) mass is 351 g/mol. The van der Waals surface area contributed by atoms with Gasteiger partial charge in [-0.3, -0.25) is 9.78 Å². The second-order valence-electron chi connectivity index (χ2n) is 6.01. The third kappa shape index (κ3) is 4.63. The Balaban J connectivity index is 1.69. The van der Waals surface area contributed by atoms with Gasteiger partial charge in [-0.25, -0.2) is 0 Å². The van der Waals surface area contributed by atoms with Crippen LogP contribution in [0.5, 0.6) is 5.75 Å². The van der Waals surface area contributed by atoms with Crippen LogP contribution >= 0.6 is 0 Å². The zero-order chi connectivity index (χ0) is 18.4. The number of anilines is 2. The first-order valence-corrected chi connectivity index (χ1v) is 8.40. The third-order valence-corrected chi connectivity index (χ3v) is 3.55. The van der Waals surface area contributed by atoms with Crippen molar-refractivity contribution in [1.29, 1.82) is 0 Å². The maximum absolute atomic E-state index is 12.6. The third-order valence-electron chi connectivity index (χ3n) is 3.55. The van der Waals surface area contributed by atoms with Crippen molar-refractivity contribution in [3.63, 3.8) is 0 Å². The number of rotatable bonds is 7. The van der Waals surface area contributed by atoms with Gasteiger partial charge in [0.05, 0.1) is 35.9 Å². The number of amides is 1. The molecule has 0 bridgehead atoms. The number of furan rings is 1. The summed E-state index contributed by atoms with van der Waals surface area (Å²) in [6.45, 7) is 4.40. The highest BCUT2D eigenvalue weighted by Crippen LogP contribution is 2.25. The number of nitrogens with one attached hydrogen (secondary N) is 2. The molecule has 1 amide bonds. The Morgan fingerprint density at radius 3 is 2.81 bits per heavy atom. The Labute approximate surface area is 152 Å². The summed E-state index contributed by atoms with van der Waals surface area (Å²) in [4.78, 5) is 16.7. The van der Waals surface area contributed by atoms with Crippen molar-refractivity contribution in [3.8, 4) is 5.75 Å². The lowest BCUT2D eigenvalue weighted by atomic mass is 10.2. The van der Waals surface area contributed by atoms with Crippen LogP contribution < -0.4 is 15.4 Å². The minimum Gasteiger partial charge on any atom is -0.489 e. The molecule has 2 aromatic heterocycles. The van der Waals surface area contributed by atoms with Crippen molar-refractivity contribution in [1.82, 2.24) is 4.98 Å². The molecule has 0 unspecified atom stereocenters. The van der Waals surface area contributed by atoms with Crippen molar-refractivity contribution in [2.24, 2.45) is 0 Å². The van der Waals surface area contributed by atoms with Crippen molar-refractivity contribution in [3.05, 3.63) is 72.4 Å². The Kier molecular flexibility index (Phi) is 5.53. The summed E-state index contributed by atoms with van der Waals surface area (Å²) in [7, 11) is 0. The van der Waals surface area contributed by atoms with E-state index in [0.29, 0.717) is 23.5 Å². The molecular weight excluding hydrogens is 330 g/mol. The molecule has 2 heterocycles. The van der Waals surface area contributed by atoms with Crippen LogP contribution in [0.4, 0.5) is 11.4 Å². The Bertz CT molecular complexity index is 860. The van der Waals surface area contributed by atoms with E-state index in [9.17, 15) is 4.79 Å². The van der Waals surface area contributed by atoms with E-state index in [1.165, 1.54) is 6.20 Å². The Morgan fingerprint density at radius 1 is 1.19 bits per heavy atom. The molecule has 3 aromatic rings. The summed E-state index contributed by atoms with van der Waals surface area (Å²) in [6, 6.07) is 12.8. The fourth-order valence-corrected chi connectivity index (χ4v) is 2.38. The summed E-state index contributed by atoms with van der Waals surface area (Å²) in [5.41, 5.74) is 1.81. The number of hydrogen-bond donors (Lipinski definition) is 2. The molecule has 0 aliphatic carbocycles. The first-order valence-electron chi connectivity index (χ1n) is 8.40.